The number of thiophene rings is 1. The molecule has 10 heavy (non-hydrogen) atoms. The van der Waals surface area contributed by atoms with E-state index in [-0.39, 0.29) is 0 Å². The summed E-state index contributed by atoms with van der Waals surface area (Å²) in [6.45, 7) is 6.10. The van der Waals surface area contributed by atoms with E-state index in [2.05, 4.69) is 13.8 Å². The largest absolute Gasteiger partial charge is 0.507 e. The molecule has 1 N–H and O–H groups in total. The molecule has 2 heteroatoms. The van der Waals surface area contributed by atoms with E-state index < -0.39 is 0 Å². The Hall–Kier alpha value is -0.500. The molecule has 0 aliphatic carbocycles. The summed E-state index contributed by atoms with van der Waals surface area (Å²) in [7, 11) is 0. The molecule has 0 bridgehead atoms. The van der Waals surface area contributed by atoms with Gasteiger partial charge in [-0.25, -0.2) is 0 Å². The molecule has 0 aliphatic rings. The fourth-order valence-electron chi connectivity index (χ4n) is 0.867. The molecular weight excluding hydrogens is 144 g/mol. The second kappa shape index (κ2) is 2.62. The highest BCUT2D eigenvalue weighted by Crippen LogP contribution is 2.34. The first-order valence-electron chi connectivity index (χ1n) is 3.40. The molecule has 0 saturated heterocycles. The van der Waals surface area contributed by atoms with E-state index in [1.807, 2.05) is 12.3 Å². The lowest BCUT2D eigenvalue weighted by atomic mass is 10.1. The fourth-order valence-corrected chi connectivity index (χ4v) is 1.83. The maximum absolute atomic E-state index is 9.42. The van der Waals surface area contributed by atoms with Crippen molar-refractivity contribution in [3.05, 3.63) is 15.8 Å². The molecule has 0 radical (unpaired) electrons. The van der Waals surface area contributed by atoms with E-state index in [0.717, 1.165) is 10.4 Å². The Kier molecular flexibility index (Phi) is 2.00. The summed E-state index contributed by atoms with van der Waals surface area (Å²) in [5.41, 5.74) is 0.994. The monoisotopic (exact) mass is 156 g/mol. The molecule has 0 amide bonds. The summed E-state index contributed by atoms with van der Waals surface area (Å²) < 4.78 is 0. The maximum atomic E-state index is 9.42. The van der Waals surface area contributed by atoms with Crippen LogP contribution < -0.4 is 0 Å². The molecule has 0 aliphatic heterocycles. The zero-order valence-corrected chi connectivity index (χ0v) is 7.33. The first kappa shape index (κ1) is 7.61. The number of aromatic hydroxyl groups is 1. The van der Waals surface area contributed by atoms with Crippen LogP contribution in [0.1, 0.15) is 30.2 Å². The summed E-state index contributed by atoms with van der Waals surface area (Å²) in [4.78, 5) is 1.09. The van der Waals surface area contributed by atoms with Crippen LogP contribution >= 0.6 is 11.3 Å². The number of hydrogen-bond acceptors (Lipinski definition) is 2. The number of hydrogen-bond donors (Lipinski definition) is 1. The standard InChI is InChI=1S/C8H12OS/c1-5(2)8-7(9)6(3)4-10-8/h4-5,9H,1-3H3. The Morgan fingerprint density at radius 1 is 1.50 bits per heavy atom. The predicted octanol–water partition coefficient (Wildman–Crippen LogP) is 2.89. The molecule has 0 aromatic carbocycles. The van der Waals surface area contributed by atoms with Gasteiger partial charge in [-0.05, 0) is 18.2 Å². The zero-order chi connectivity index (χ0) is 7.72. The third-order valence-corrected chi connectivity index (χ3v) is 2.88. The molecule has 1 heterocycles. The minimum Gasteiger partial charge on any atom is -0.507 e. The average Bonchev–Trinajstić information content (AvgIpc) is 2.14. The molecule has 0 atom stereocenters. The van der Waals surface area contributed by atoms with Crippen LogP contribution in [0.25, 0.3) is 0 Å². The van der Waals surface area contributed by atoms with Gasteiger partial charge in [0.1, 0.15) is 5.75 Å². The Bertz CT molecular complexity index is 225. The van der Waals surface area contributed by atoms with Gasteiger partial charge < -0.3 is 5.11 Å². The van der Waals surface area contributed by atoms with Gasteiger partial charge >= 0.3 is 0 Å². The van der Waals surface area contributed by atoms with Crippen LogP contribution in [0.4, 0.5) is 0 Å². The molecule has 0 saturated carbocycles. The van der Waals surface area contributed by atoms with Gasteiger partial charge in [0.2, 0.25) is 0 Å². The lowest BCUT2D eigenvalue weighted by molar-refractivity contribution is 0.465. The van der Waals surface area contributed by atoms with E-state index in [4.69, 9.17) is 0 Å². The summed E-state index contributed by atoms with van der Waals surface area (Å²) in [6.07, 6.45) is 0. The van der Waals surface area contributed by atoms with Crippen molar-refractivity contribution in [1.82, 2.24) is 0 Å². The van der Waals surface area contributed by atoms with Gasteiger partial charge in [-0.2, -0.15) is 0 Å². The van der Waals surface area contributed by atoms with Crippen molar-refractivity contribution in [3.8, 4) is 5.75 Å². The SMILES string of the molecule is Cc1csc(C(C)C)c1O. The third-order valence-electron chi connectivity index (χ3n) is 1.49. The highest BCUT2D eigenvalue weighted by atomic mass is 32.1. The van der Waals surface area contributed by atoms with Crippen LogP contribution in [0.2, 0.25) is 0 Å². The number of aryl methyl sites for hydroxylation is 1. The molecule has 0 unspecified atom stereocenters. The third kappa shape index (κ3) is 1.16. The predicted molar refractivity (Wildman–Crippen MR) is 44.8 cm³/mol. The second-order valence-corrected chi connectivity index (χ2v) is 3.70. The van der Waals surface area contributed by atoms with Crippen molar-refractivity contribution in [2.75, 3.05) is 0 Å². The first-order chi connectivity index (χ1) is 4.63. The molecule has 1 aromatic rings. The van der Waals surface area contributed by atoms with Crippen LogP contribution in [-0.2, 0) is 0 Å². The van der Waals surface area contributed by atoms with Crippen molar-refractivity contribution < 1.29 is 5.11 Å². The Balaban J connectivity index is 3.05. The Labute approximate surface area is 65.3 Å². The van der Waals surface area contributed by atoms with Gasteiger partial charge in [-0.3, -0.25) is 0 Å². The lowest BCUT2D eigenvalue weighted by Crippen LogP contribution is -1.80. The summed E-state index contributed by atoms with van der Waals surface area (Å²) in [5.74, 6) is 0.929. The smallest absolute Gasteiger partial charge is 0.132 e. The van der Waals surface area contributed by atoms with Crippen molar-refractivity contribution in [3.63, 3.8) is 0 Å². The first-order valence-corrected chi connectivity index (χ1v) is 4.28. The highest BCUT2D eigenvalue weighted by molar-refractivity contribution is 7.10. The van der Waals surface area contributed by atoms with E-state index in [1.54, 1.807) is 11.3 Å². The topological polar surface area (TPSA) is 20.2 Å². The number of rotatable bonds is 1. The summed E-state index contributed by atoms with van der Waals surface area (Å²) >= 11 is 1.63. The second-order valence-electron chi connectivity index (χ2n) is 2.79. The van der Waals surface area contributed by atoms with Gasteiger partial charge in [0.05, 0.1) is 0 Å². The minimum atomic E-state index is 0.443. The zero-order valence-electron chi connectivity index (χ0n) is 6.51. The van der Waals surface area contributed by atoms with Crippen LogP contribution in [0.3, 0.4) is 0 Å². The Morgan fingerprint density at radius 2 is 2.10 bits per heavy atom. The molecule has 1 aromatic heterocycles. The molecule has 0 fully saturated rings. The van der Waals surface area contributed by atoms with Gasteiger partial charge in [0.15, 0.2) is 0 Å². The van der Waals surface area contributed by atoms with Gasteiger partial charge in [-0.15, -0.1) is 11.3 Å². The van der Waals surface area contributed by atoms with Crippen molar-refractivity contribution in [2.45, 2.75) is 26.7 Å². The van der Waals surface area contributed by atoms with Gasteiger partial charge in [0, 0.05) is 10.4 Å². The lowest BCUT2D eigenvalue weighted by Gasteiger charge is -2.00. The Morgan fingerprint density at radius 3 is 2.30 bits per heavy atom. The van der Waals surface area contributed by atoms with E-state index in [1.165, 1.54) is 0 Å². The normalized spacial score (nSPS) is 10.8. The molecular formula is C8H12OS. The molecule has 56 valence electrons. The van der Waals surface area contributed by atoms with Crippen molar-refractivity contribution in [2.24, 2.45) is 0 Å². The van der Waals surface area contributed by atoms with Gasteiger partial charge in [-0.1, -0.05) is 13.8 Å². The van der Waals surface area contributed by atoms with Crippen LogP contribution in [0, 0.1) is 6.92 Å². The van der Waals surface area contributed by atoms with Crippen molar-refractivity contribution >= 4 is 11.3 Å². The van der Waals surface area contributed by atoms with E-state index in [9.17, 15) is 5.11 Å². The van der Waals surface area contributed by atoms with Crippen LogP contribution in [0.15, 0.2) is 5.38 Å². The molecule has 0 spiro atoms. The molecule has 1 rings (SSSR count). The highest BCUT2D eigenvalue weighted by Gasteiger charge is 2.09. The molecule has 1 nitrogen and oxygen atoms in total. The minimum absolute atomic E-state index is 0.443. The fraction of sp³-hybridized carbons (Fsp3) is 0.500. The van der Waals surface area contributed by atoms with E-state index >= 15 is 0 Å². The van der Waals surface area contributed by atoms with Gasteiger partial charge in [0.25, 0.3) is 0 Å². The van der Waals surface area contributed by atoms with Crippen molar-refractivity contribution in [1.29, 1.82) is 0 Å². The average molecular weight is 156 g/mol. The summed E-state index contributed by atoms with van der Waals surface area (Å²) in [6, 6.07) is 0. The van der Waals surface area contributed by atoms with Crippen LogP contribution in [-0.4, -0.2) is 5.11 Å². The quantitative estimate of drug-likeness (QED) is 0.663. The van der Waals surface area contributed by atoms with E-state index in [0.29, 0.717) is 11.7 Å². The summed E-state index contributed by atoms with van der Waals surface area (Å²) in [5, 5.41) is 11.4. The maximum Gasteiger partial charge on any atom is 0.132 e. The van der Waals surface area contributed by atoms with Crippen LogP contribution in [0.5, 0.6) is 5.75 Å².